The van der Waals surface area contributed by atoms with Crippen LogP contribution in [-0.2, 0) is 4.79 Å². The summed E-state index contributed by atoms with van der Waals surface area (Å²) in [7, 11) is 0. The first-order valence-electron chi connectivity index (χ1n) is 3.14. The molecule has 0 aromatic rings. The van der Waals surface area contributed by atoms with Gasteiger partial charge in [-0.1, -0.05) is 12.0 Å². The topological polar surface area (TPSA) is 17.1 Å². The van der Waals surface area contributed by atoms with E-state index in [2.05, 4.69) is 5.92 Å². The molecule has 0 unspecified atom stereocenters. The molecule has 54 valence electrons. The number of hydrogen-bond donors (Lipinski definition) is 0. The van der Waals surface area contributed by atoms with Crippen LogP contribution in [0.15, 0.2) is 11.6 Å². The van der Waals surface area contributed by atoms with Crippen LogP contribution in [0.3, 0.4) is 0 Å². The van der Waals surface area contributed by atoms with E-state index in [9.17, 15) is 4.79 Å². The molecule has 0 fully saturated rings. The SMILES string of the molecule is C#C/C(C)=C/C(C)(C)C=O. The van der Waals surface area contributed by atoms with Crippen molar-refractivity contribution in [2.24, 2.45) is 5.41 Å². The fraction of sp³-hybridized carbons (Fsp3) is 0.444. The molecular weight excluding hydrogens is 124 g/mol. The molecule has 0 aliphatic carbocycles. The van der Waals surface area contributed by atoms with Crippen molar-refractivity contribution < 1.29 is 4.79 Å². The molecule has 0 amide bonds. The molecular formula is C9H12O. The van der Waals surface area contributed by atoms with Crippen LogP contribution < -0.4 is 0 Å². The van der Waals surface area contributed by atoms with Gasteiger partial charge in [0.05, 0.1) is 0 Å². The van der Waals surface area contributed by atoms with Crippen molar-refractivity contribution in [2.75, 3.05) is 0 Å². The van der Waals surface area contributed by atoms with Crippen LogP contribution >= 0.6 is 0 Å². The molecule has 0 aliphatic rings. The summed E-state index contributed by atoms with van der Waals surface area (Å²) in [5.74, 6) is 2.46. The predicted octanol–water partition coefficient (Wildman–Crippen LogP) is 1.79. The van der Waals surface area contributed by atoms with Gasteiger partial charge in [0.2, 0.25) is 0 Å². The predicted molar refractivity (Wildman–Crippen MR) is 42.4 cm³/mol. The fourth-order valence-corrected chi connectivity index (χ4v) is 0.634. The summed E-state index contributed by atoms with van der Waals surface area (Å²) >= 11 is 0. The zero-order valence-electron chi connectivity index (χ0n) is 6.64. The van der Waals surface area contributed by atoms with E-state index >= 15 is 0 Å². The molecule has 0 saturated carbocycles. The zero-order chi connectivity index (χ0) is 8.20. The van der Waals surface area contributed by atoms with Gasteiger partial charge in [-0.3, -0.25) is 0 Å². The van der Waals surface area contributed by atoms with Crippen LogP contribution in [0, 0.1) is 17.8 Å². The van der Waals surface area contributed by atoms with Crippen molar-refractivity contribution in [2.45, 2.75) is 20.8 Å². The van der Waals surface area contributed by atoms with Gasteiger partial charge in [0.25, 0.3) is 0 Å². The molecule has 0 bridgehead atoms. The van der Waals surface area contributed by atoms with Crippen molar-refractivity contribution in [3.8, 4) is 12.3 Å². The van der Waals surface area contributed by atoms with E-state index < -0.39 is 5.41 Å². The Morgan fingerprint density at radius 1 is 1.60 bits per heavy atom. The third kappa shape index (κ3) is 3.09. The number of aldehydes is 1. The maximum atomic E-state index is 10.4. The zero-order valence-corrected chi connectivity index (χ0v) is 6.64. The molecule has 0 N–H and O–H groups in total. The van der Waals surface area contributed by atoms with E-state index in [4.69, 9.17) is 6.42 Å². The van der Waals surface area contributed by atoms with Gasteiger partial charge in [-0.25, -0.2) is 0 Å². The Morgan fingerprint density at radius 2 is 2.10 bits per heavy atom. The molecule has 0 aliphatic heterocycles. The van der Waals surface area contributed by atoms with Gasteiger partial charge >= 0.3 is 0 Å². The Balaban J connectivity index is 4.42. The second-order valence-corrected chi connectivity index (χ2v) is 2.91. The molecule has 10 heavy (non-hydrogen) atoms. The molecule has 0 spiro atoms. The average molecular weight is 136 g/mol. The highest BCUT2D eigenvalue weighted by Crippen LogP contribution is 2.14. The Morgan fingerprint density at radius 3 is 2.40 bits per heavy atom. The molecule has 0 atom stereocenters. The van der Waals surface area contributed by atoms with E-state index in [-0.39, 0.29) is 0 Å². The lowest BCUT2D eigenvalue weighted by Gasteiger charge is -2.09. The molecule has 0 rings (SSSR count). The minimum absolute atomic E-state index is 0.420. The van der Waals surface area contributed by atoms with Crippen molar-refractivity contribution >= 4 is 6.29 Å². The largest absolute Gasteiger partial charge is 0.302 e. The number of carbonyl (C=O) groups is 1. The molecule has 0 heterocycles. The third-order valence-electron chi connectivity index (χ3n) is 1.12. The molecule has 0 aromatic heterocycles. The monoisotopic (exact) mass is 136 g/mol. The summed E-state index contributed by atoms with van der Waals surface area (Å²) < 4.78 is 0. The van der Waals surface area contributed by atoms with Crippen LogP contribution in [0.2, 0.25) is 0 Å². The molecule has 1 nitrogen and oxygen atoms in total. The van der Waals surface area contributed by atoms with Crippen molar-refractivity contribution in [3.63, 3.8) is 0 Å². The van der Waals surface area contributed by atoms with Crippen LogP contribution in [0.1, 0.15) is 20.8 Å². The maximum Gasteiger partial charge on any atom is 0.129 e. The smallest absolute Gasteiger partial charge is 0.129 e. The Bertz CT molecular complexity index is 191. The summed E-state index contributed by atoms with van der Waals surface area (Å²) in [6, 6.07) is 0. The second kappa shape index (κ2) is 3.22. The summed E-state index contributed by atoms with van der Waals surface area (Å²) in [6.45, 7) is 5.45. The highest BCUT2D eigenvalue weighted by molar-refractivity contribution is 5.62. The second-order valence-electron chi connectivity index (χ2n) is 2.91. The van der Waals surface area contributed by atoms with Gasteiger partial charge in [-0.15, -0.1) is 6.42 Å². The number of rotatable bonds is 2. The quantitative estimate of drug-likeness (QED) is 0.418. The number of allylic oxidation sites excluding steroid dienone is 2. The van der Waals surface area contributed by atoms with Crippen LogP contribution in [0.25, 0.3) is 0 Å². The van der Waals surface area contributed by atoms with Gasteiger partial charge in [-0.2, -0.15) is 0 Å². The number of hydrogen-bond acceptors (Lipinski definition) is 1. The first-order valence-corrected chi connectivity index (χ1v) is 3.14. The highest BCUT2D eigenvalue weighted by atomic mass is 16.1. The minimum Gasteiger partial charge on any atom is -0.302 e. The van der Waals surface area contributed by atoms with E-state index in [1.807, 2.05) is 20.8 Å². The highest BCUT2D eigenvalue weighted by Gasteiger charge is 2.11. The van der Waals surface area contributed by atoms with Crippen molar-refractivity contribution in [1.82, 2.24) is 0 Å². The van der Waals surface area contributed by atoms with Gasteiger partial charge < -0.3 is 4.79 Å². The maximum absolute atomic E-state index is 10.4. The van der Waals surface area contributed by atoms with Gasteiger partial charge in [0.1, 0.15) is 6.29 Å². The lowest BCUT2D eigenvalue weighted by molar-refractivity contribution is -0.112. The fourth-order valence-electron chi connectivity index (χ4n) is 0.634. The lowest BCUT2D eigenvalue weighted by atomic mass is 9.93. The number of terminal acetylenes is 1. The minimum atomic E-state index is -0.420. The standard InChI is InChI=1S/C9H12O/c1-5-8(2)6-9(3,4)7-10/h1,6-7H,2-4H3/b8-6+. The van der Waals surface area contributed by atoms with Crippen LogP contribution in [0.4, 0.5) is 0 Å². The number of carbonyl (C=O) groups excluding carboxylic acids is 1. The van der Waals surface area contributed by atoms with Crippen molar-refractivity contribution in [3.05, 3.63) is 11.6 Å². The first kappa shape index (κ1) is 8.97. The molecule has 1 heteroatoms. The van der Waals surface area contributed by atoms with Gasteiger partial charge in [0, 0.05) is 5.41 Å². The van der Waals surface area contributed by atoms with Crippen LogP contribution in [-0.4, -0.2) is 6.29 Å². The van der Waals surface area contributed by atoms with E-state index in [1.165, 1.54) is 0 Å². The molecule has 0 aromatic carbocycles. The first-order chi connectivity index (χ1) is 4.52. The Kier molecular flexibility index (Phi) is 2.89. The molecule has 0 radical (unpaired) electrons. The Hall–Kier alpha value is -1.03. The third-order valence-corrected chi connectivity index (χ3v) is 1.12. The average Bonchev–Trinajstić information content (AvgIpc) is 1.87. The van der Waals surface area contributed by atoms with Crippen LogP contribution in [0.5, 0.6) is 0 Å². The Labute approximate surface area is 62.1 Å². The van der Waals surface area contributed by atoms with Gasteiger partial charge in [0.15, 0.2) is 0 Å². The summed E-state index contributed by atoms with van der Waals surface area (Å²) in [5.41, 5.74) is 0.383. The summed E-state index contributed by atoms with van der Waals surface area (Å²) in [5, 5.41) is 0. The normalized spacial score (nSPS) is 12.4. The van der Waals surface area contributed by atoms with Crippen molar-refractivity contribution in [1.29, 1.82) is 0 Å². The molecule has 0 saturated heterocycles. The van der Waals surface area contributed by atoms with E-state index in [1.54, 1.807) is 6.08 Å². The van der Waals surface area contributed by atoms with E-state index in [0.717, 1.165) is 11.9 Å². The van der Waals surface area contributed by atoms with Gasteiger partial charge in [-0.05, 0) is 26.3 Å². The van der Waals surface area contributed by atoms with E-state index in [0.29, 0.717) is 0 Å². The lowest BCUT2D eigenvalue weighted by Crippen LogP contribution is -2.08. The summed E-state index contributed by atoms with van der Waals surface area (Å²) in [6.07, 6.45) is 7.76. The summed E-state index contributed by atoms with van der Waals surface area (Å²) in [4.78, 5) is 10.4.